The third-order valence-electron chi connectivity index (χ3n) is 1.99. The largest absolute Gasteiger partial charge is 0.446 e. The van der Waals surface area contributed by atoms with Gasteiger partial charge in [0.2, 0.25) is 0 Å². The Balaban J connectivity index is 4.19. The van der Waals surface area contributed by atoms with Crippen molar-refractivity contribution >= 4 is 35.0 Å². The summed E-state index contributed by atoms with van der Waals surface area (Å²) in [6, 6.07) is 0. The molecule has 0 atom stereocenters. The summed E-state index contributed by atoms with van der Waals surface area (Å²) in [5.74, 6) is 0. The summed E-state index contributed by atoms with van der Waals surface area (Å²) in [5, 5.41) is 4.44. The van der Waals surface area contributed by atoms with Crippen LogP contribution in [-0.2, 0) is 4.84 Å². The van der Waals surface area contributed by atoms with Gasteiger partial charge in [0, 0.05) is 32.3 Å². The second-order valence-electron chi connectivity index (χ2n) is 3.68. The van der Waals surface area contributed by atoms with Gasteiger partial charge in [0.15, 0.2) is 0 Å². The van der Waals surface area contributed by atoms with Crippen molar-refractivity contribution < 1.29 is 9.63 Å². The van der Waals surface area contributed by atoms with E-state index in [2.05, 4.69) is 23.3 Å². The molecule has 0 spiro atoms. The number of carbonyl (C=O) groups excluding carboxylic acids is 1. The molecule has 0 bridgehead atoms. The summed E-state index contributed by atoms with van der Waals surface area (Å²) in [7, 11) is 1.69. The van der Waals surface area contributed by atoms with Crippen LogP contribution in [0.1, 0.15) is 33.6 Å². The number of nitrogens with zero attached hydrogens (tertiary/aromatic N) is 3. The predicted octanol–water partition coefficient (Wildman–Crippen LogP) is 3.44. The molecular formula is C11H23N3O2S2. The molecule has 0 heterocycles. The molecule has 0 aliphatic carbocycles. The van der Waals surface area contributed by atoms with E-state index in [1.54, 1.807) is 14.0 Å². The van der Waals surface area contributed by atoms with E-state index in [0.717, 1.165) is 31.0 Å². The van der Waals surface area contributed by atoms with E-state index in [1.807, 2.05) is 6.26 Å². The van der Waals surface area contributed by atoms with Gasteiger partial charge in [-0.1, -0.05) is 19.0 Å². The van der Waals surface area contributed by atoms with Crippen molar-refractivity contribution in [3.05, 3.63) is 0 Å². The van der Waals surface area contributed by atoms with Crippen LogP contribution in [0.3, 0.4) is 0 Å². The second kappa shape index (κ2) is 10.5. The summed E-state index contributed by atoms with van der Waals surface area (Å²) in [4.78, 5) is 16.5. The summed E-state index contributed by atoms with van der Waals surface area (Å²) < 4.78 is 3.61. The van der Waals surface area contributed by atoms with E-state index in [-0.39, 0.29) is 0 Å². The SMILES string of the molecule is CCCN(CCC)SN(C)C(=O)ON=C(C)SC. The average molecular weight is 293 g/mol. The topological polar surface area (TPSA) is 45.1 Å². The first-order chi connectivity index (χ1) is 8.54. The van der Waals surface area contributed by atoms with E-state index in [0.29, 0.717) is 0 Å². The number of thioether (sulfide) groups is 1. The fourth-order valence-electron chi connectivity index (χ4n) is 1.10. The lowest BCUT2D eigenvalue weighted by atomic mass is 10.4. The number of oxime groups is 1. The molecular weight excluding hydrogens is 270 g/mol. The Hall–Kier alpha value is -0.400. The van der Waals surface area contributed by atoms with Crippen LogP contribution in [0, 0.1) is 0 Å². The van der Waals surface area contributed by atoms with Gasteiger partial charge in [0.1, 0.15) is 5.04 Å². The van der Waals surface area contributed by atoms with Gasteiger partial charge in [-0.3, -0.25) is 4.84 Å². The molecule has 0 fully saturated rings. The zero-order valence-electron chi connectivity index (χ0n) is 11.8. The highest BCUT2D eigenvalue weighted by Gasteiger charge is 2.15. The second-order valence-corrected chi connectivity index (χ2v) is 5.91. The Bertz CT molecular complexity index is 269. The molecule has 0 N–H and O–H groups in total. The monoisotopic (exact) mass is 293 g/mol. The lowest BCUT2D eigenvalue weighted by Gasteiger charge is -2.23. The van der Waals surface area contributed by atoms with Gasteiger partial charge in [0.25, 0.3) is 0 Å². The zero-order chi connectivity index (χ0) is 14.0. The highest BCUT2D eigenvalue weighted by molar-refractivity contribution is 8.13. The Morgan fingerprint density at radius 2 is 1.83 bits per heavy atom. The van der Waals surface area contributed by atoms with Crippen LogP contribution in [0.2, 0.25) is 0 Å². The van der Waals surface area contributed by atoms with Crippen LogP contribution in [0.15, 0.2) is 5.16 Å². The van der Waals surface area contributed by atoms with E-state index in [9.17, 15) is 4.79 Å². The summed E-state index contributed by atoms with van der Waals surface area (Å²) in [5.41, 5.74) is 0. The third kappa shape index (κ3) is 7.84. The van der Waals surface area contributed by atoms with Gasteiger partial charge in [0.05, 0.1) is 0 Å². The first-order valence-electron chi connectivity index (χ1n) is 6.01. The first-order valence-corrected chi connectivity index (χ1v) is 7.96. The maximum atomic E-state index is 11.6. The van der Waals surface area contributed by atoms with Gasteiger partial charge in [-0.05, 0) is 26.0 Å². The minimum Gasteiger partial charge on any atom is -0.296 e. The van der Waals surface area contributed by atoms with Gasteiger partial charge < -0.3 is 0 Å². The number of rotatable bonds is 7. The highest BCUT2D eigenvalue weighted by atomic mass is 32.2. The lowest BCUT2D eigenvalue weighted by molar-refractivity contribution is 0.136. The zero-order valence-corrected chi connectivity index (χ0v) is 13.4. The molecule has 0 saturated carbocycles. The van der Waals surface area contributed by atoms with Gasteiger partial charge in [-0.2, -0.15) is 0 Å². The lowest BCUT2D eigenvalue weighted by Crippen LogP contribution is -2.28. The molecule has 7 heteroatoms. The van der Waals surface area contributed by atoms with E-state index in [1.165, 1.54) is 28.2 Å². The molecule has 0 unspecified atom stereocenters. The van der Waals surface area contributed by atoms with Crippen molar-refractivity contribution in [3.63, 3.8) is 0 Å². The normalized spacial score (nSPS) is 11.8. The molecule has 0 aromatic heterocycles. The number of hydrogen-bond acceptors (Lipinski definition) is 6. The van der Waals surface area contributed by atoms with Crippen molar-refractivity contribution in [2.24, 2.45) is 5.16 Å². The third-order valence-corrected chi connectivity index (χ3v) is 3.64. The minimum absolute atomic E-state index is 0.453. The molecule has 1 amide bonds. The molecule has 106 valence electrons. The molecule has 5 nitrogen and oxygen atoms in total. The predicted molar refractivity (Wildman–Crippen MR) is 80.6 cm³/mol. The van der Waals surface area contributed by atoms with Crippen molar-refractivity contribution in [1.29, 1.82) is 0 Å². The fourth-order valence-corrected chi connectivity index (χ4v) is 2.18. The Morgan fingerprint density at radius 3 is 2.28 bits per heavy atom. The molecule has 18 heavy (non-hydrogen) atoms. The Kier molecular flexibility index (Phi) is 10.3. The van der Waals surface area contributed by atoms with Crippen molar-refractivity contribution in [3.8, 4) is 0 Å². The molecule has 0 radical (unpaired) electrons. The molecule has 0 aromatic rings. The molecule has 0 aliphatic heterocycles. The molecule has 0 aliphatic rings. The minimum atomic E-state index is -0.453. The maximum Gasteiger partial charge on any atom is 0.446 e. The first kappa shape index (κ1) is 17.6. The summed E-state index contributed by atoms with van der Waals surface area (Å²) in [6.07, 6.45) is 3.54. The Morgan fingerprint density at radius 1 is 1.28 bits per heavy atom. The van der Waals surface area contributed by atoms with Crippen molar-refractivity contribution in [1.82, 2.24) is 8.61 Å². The Labute approximate surface area is 119 Å². The summed E-state index contributed by atoms with van der Waals surface area (Å²) in [6.45, 7) is 7.93. The van der Waals surface area contributed by atoms with Gasteiger partial charge in [-0.15, -0.1) is 11.8 Å². The highest BCUT2D eigenvalue weighted by Crippen LogP contribution is 2.16. The molecule has 0 rings (SSSR count). The average Bonchev–Trinajstić information content (AvgIpc) is 2.35. The smallest absolute Gasteiger partial charge is 0.296 e. The quantitative estimate of drug-likeness (QED) is 0.236. The fraction of sp³-hybridized carbons (Fsp3) is 0.818. The van der Waals surface area contributed by atoms with Gasteiger partial charge >= 0.3 is 6.09 Å². The number of amides is 1. The number of carbonyl (C=O) groups is 1. The molecule has 0 saturated heterocycles. The number of hydrogen-bond donors (Lipinski definition) is 0. The van der Waals surface area contributed by atoms with Crippen LogP contribution in [-0.4, -0.2) is 46.1 Å². The van der Waals surface area contributed by atoms with Crippen molar-refractivity contribution in [2.45, 2.75) is 33.6 Å². The van der Waals surface area contributed by atoms with Crippen LogP contribution in [0.25, 0.3) is 0 Å². The van der Waals surface area contributed by atoms with Gasteiger partial charge in [-0.25, -0.2) is 13.4 Å². The van der Waals surface area contributed by atoms with E-state index < -0.39 is 6.09 Å². The van der Waals surface area contributed by atoms with Crippen molar-refractivity contribution in [2.75, 3.05) is 26.4 Å². The summed E-state index contributed by atoms with van der Waals surface area (Å²) >= 11 is 2.82. The van der Waals surface area contributed by atoms with E-state index >= 15 is 0 Å². The van der Waals surface area contributed by atoms with E-state index in [4.69, 9.17) is 4.84 Å². The maximum absolute atomic E-state index is 11.6. The standard InChI is InChI=1S/C11H23N3O2S2/c1-6-8-14(9-7-2)18-13(4)11(15)16-12-10(3)17-5/h6-9H2,1-5H3. The molecule has 0 aromatic carbocycles. The van der Waals surface area contributed by atoms with Crippen LogP contribution < -0.4 is 0 Å². The van der Waals surface area contributed by atoms with Crippen LogP contribution in [0.4, 0.5) is 4.79 Å². The van der Waals surface area contributed by atoms with Crippen LogP contribution in [0.5, 0.6) is 0 Å². The van der Waals surface area contributed by atoms with Crippen LogP contribution >= 0.6 is 23.9 Å².